The van der Waals surface area contributed by atoms with Crippen LogP contribution in [0.4, 0.5) is 14.5 Å². The van der Waals surface area contributed by atoms with E-state index in [4.69, 9.17) is 0 Å². The van der Waals surface area contributed by atoms with E-state index in [0.717, 1.165) is 24.5 Å². The van der Waals surface area contributed by atoms with E-state index in [9.17, 15) is 8.78 Å². The molecule has 3 heteroatoms. The molecule has 1 fully saturated rings. The van der Waals surface area contributed by atoms with Gasteiger partial charge in [-0.3, -0.25) is 0 Å². The summed E-state index contributed by atoms with van der Waals surface area (Å²) in [5.74, 6) is -1.11. The van der Waals surface area contributed by atoms with Gasteiger partial charge in [0.1, 0.15) is 0 Å². The van der Waals surface area contributed by atoms with Gasteiger partial charge in [-0.15, -0.1) is 0 Å². The quantitative estimate of drug-likeness (QED) is 0.840. The van der Waals surface area contributed by atoms with Gasteiger partial charge in [0.15, 0.2) is 11.6 Å². The summed E-state index contributed by atoms with van der Waals surface area (Å²) in [6.07, 6.45) is 2.25. The number of nitrogens with one attached hydrogen (secondary N) is 1. The minimum atomic E-state index is -0.812. The first-order chi connectivity index (χ1) is 9.65. The molecule has 0 bridgehead atoms. The third-order valence-corrected chi connectivity index (χ3v) is 3.79. The summed E-state index contributed by atoms with van der Waals surface area (Å²) in [7, 11) is 0. The third-order valence-electron chi connectivity index (χ3n) is 3.79. The molecule has 1 saturated carbocycles. The second kappa shape index (κ2) is 5.23. The molecule has 3 rings (SSSR count). The zero-order valence-corrected chi connectivity index (χ0v) is 11.4. The molecule has 1 atom stereocenters. The largest absolute Gasteiger partial charge is 0.376 e. The molecule has 0 aromatic heterocycles. The zero-order valence-electron chi connectivity index (χ0n) is 11.4. The molecule has 0 spiro atoms. The number of rotatable bonds is 4. The summed E-state index contributed by atoms with van der Waals surface area (Å²) >= 11 is 0. The van der Waals surface area contributed by atoms with Crippen LogP contribution in [0.15, 0.2) is 42.5 Å². The number of hydrogen-bond acceptors (Lipinski definition) is 1. The Bertz CT molecular complexity index is 603. The van der Waals surface area contributed by atoms with Gasteiger partial charge in [0.05, 0.1) is 11.7 Å². The summed E-state index contributed by atoms with van der Waals surface area (Å²) in [5, 5.41) is 3.17. The van der Waals surface area contributed by atoms with E-state index < -0.39 is 11.6 Å². The van der Waals surface area contributed by atoms with Gasteiger partial charge in [-0.05, 0) is 43.4 Å². The molecule has 0 saturated heterocycles. The maximum Gasteiger partial charge on any atom is 0.181 e. The number of halogens is 2. The molecular formula is C17H17F2N. The van der Waals surface area contributed by atoms with Crippen molar-refractivity contribution in [2.45, 2.75) is 25.8 Å². The van der Waals surface area contributed by atoms with Crippen LogP contribution in [0.1, 0.15) is 30.0 Å². The lowest BCUT2D eigenvalue weighted by atomic mass is 10.0. The molecule has 1 N–H and O–H groups in total. The molecule has 0 radical (unpaired) electrons. The summed E-state index contributed by atoms with van der Waals surface area (Å²) in [6, 6.07) is 12.5. The maximum atomic E-state index is 13.8. The average molecular weight is 273 g/mol. The van der Waals surface area contributed by atoms with Gasteiger partial charge in [-0.1, -0.05) is 35.9 Å². The van der Waals surface area contributed by atoms with Crippen LogP contribution >= 0.6 is 0 Å². The van der Waals surface area contributed by atoms with Crippen LogP contribution in [-0.2, 0) is 0 Å². The molecule has 2 aromatic carbocycles. The van der Waals surface area contributed by atoms with Crippen molar-refractivity contribution in [3.8, 4) is 0 Å². The Morgan fingerprint density at radius 1 is 1.05 bits per heavy atom. The second-order valence-electron chi connectivity index (χ2n) is 5.47. The lowest BCUT2D eigenvalue weighted by molar-refractivity contribution is 0.508. The van der Waals surface area contributed by atoms with Crippen LogP contribution in [0.3, 0.4) is 0 Å². The van der Waals surface area contributed by atoms with E-state index in [-0.39, 0.29) is 11.7 Å². The number of aryl methyl sites for hydroxylation is 1. The molecule has 1 aliphatic rings. The highest BCUT2D eigenvalue weighted by Crippen LogP contribution is 2.43. The fourth-order valence-electron chi connectivity index (χ4n) is 2.46. The second-order valence-corrected chi connectivity index (χ2v) is 5.47. The first-order valence-corrected chi connectivity index (χ1v) is 6.92. The van der Waals surface area contributed by atoms with Gasteiger partial charge in [-0.25, -0.2) is 8.78 Å². The smallest absolute Gasteiger partial charge is 0.181 e. The van der Waals surface area contributed by atoms with E-state index in [1.54, 1.807) is 6.07 Å². The maximum absolute atomic E-state index is 13.8. The number of hydrogen-bond donors (Lipinski definition) is 1. The minimum absolute atomic E-state index is 0.0481. The summed E-state index contributed by atoms with van der Waals surface area (Å²) < 4.78 is 27.1. The Morgan fingerprint density at radius 3 is 2.40 bits per heavy atom. The lowest BCUT2D eigenvalue weighted by Gasteiger charge is -2.20. The predicted octanol–water partition coefficient (Wildman–Crippen LogP) is 4.84. The van der Waals surface area contributed by atoms with Crippen LogP contribution in [-0.4, -0.2) is 0 Å². The highest BCUT2D eigenvalue weighted by Gasteiger charge is 2.32. The SMILES string of the molecule is Cc1ccc(C(Nc2cccc(F)c2F)C2CC2)cc1. The van der Waals surface area contributed by atoms with Crippen molar-refractivity contribution in [3.05, 3.63) is 65.2 Å². The van der Waals surface area contributed by atoms with Crippen molar-refractivity contribution in [1.82, 2.24) is 0 Å². The van der Waals surface area contributed by atoms with Crippen molar-refractivity contribution in [2.75, 3.05) is 5.32 Å². The Balaban J connectivity index is 1.88. The van der Waals surface area contributed by atoms with Crippen LogP contribution in [0.5, 0.6) is 0 Å². The van der Waals surface area contributed by atoms with Crippen LogP contribution in [0, 0.1) is 24.5 Å². The Hall–Kier alpha value is -1.90. The summed E-state index contributed by atoms with van der Waals surface area (Å²) in [6.45, 7) is 2.04. The summed E-state index contributed by atoms with van der Waals surface area (Å²) in [5.41, 5.74) is 2.56. The fourth-order valence-corrected chi connectivity index (χ4v) is 2.46. The van der Waals surface area contributed by atoms with E-state index in [1.807, 2.05) is 19.1 Å². The van der Waals surface area contributed by atoms with Crippen molar-refractivity contribution < 1.29 is 8.78 Å². The van der Waals surface area contributed by atoms with Gasteiger partial charge >= 0.3 is 0 Å². The first kappa shape index (κ1) is 13.1. The molecule has 2 aromatic rings. The number of benzene rings is 2. The molecule has 0 aliphatic heterocycles. The number of anilines is 1. The molecule has 104 valence electrons. The van der Waals surface area contributed by atoms with Gasteiger partial charge in [0.25, 0.3) is 0 Å². The molecule has 20 heavy (non-hydrogen) atoms. The predicted molar refractivity (Wildman–Crippen MR) is 76.6 cm³/mol. The van der Waals surface area contributed by atoms with Gasteiger partial charge in [0, 0.05) is 0 Å². The van der Waals surface area contributed by atoms with Crippen LogP contribution < -0.4 is 5.32 Å². The van der Waals surface area contributed by atoms with Crippen LogP contribution in [0.25, 0.3) is 0 Å². The normalized spacial score (nSPS) is 15.9. The Morgan fingerprint density at radius 2 is 1.75 bits per heavy atom. The minimum Gasteiger partial charge on any atom is -0.376 e. The first-order valence-electron chi connectivity index (χ1n) is 6.92. The standard InChI is InChI=1S/C17H17F2N/c1-11-5-7-12(8-6-11)17(13-9-10-13)20-15-4-2-3-14(18)16(15)19/h2-8,13,17,20H,9-10H2,1H3. The van der Waals surface area contributed by atoms with Crippen molar-refractivity contribution in [1.29, 1.82) is 0 Å². The lowest BCUT2D eigenvalue weighted by Crippen LogP contribution is -2.14. The Kier molecular flexibility index (Phi) is 3.43. The van der Waals surface area contributed by atoms with Gasteiger partial charge < -0.3 is 5.32 Å². The molecule has 0 heterocycles. The molecule has 1 nitrogen and oxygen atoms in total. The highest BCUT2D eigenvalue weighted by molar-refractivity contribution is 5.48. The highest BCUT2D eigenvalue weighted by atomic mass is 19.2. The topological polar surface area (TPSA) is 12.0 Å². The van der Waals surface area contributed by atoms with E-state index in [0.29, 0.717) is 5.92 Å². The average Bonchev–Trinajstić information content (AvgIpc) is 3.26. The van der Waals surface area contributed by atoms with Gasteiger partial charge in [0.2, 0.25) is 0 Å². The molecular weight excluding hydrogens is 256 g/mol. The summed E-state index contributed by atoms with van der Waals surface area (Å²) in [4.78, 5) is 0. The fraction of sp³-hybridized carbons (Fsp3) is 0.294. The molecule has 1 unspecified atom stereocenters. The van der Waals surface area contributed by atoms with Gasteiger partial charge in [-0.2, -0.15) is 0 Å². The van der Waals surface area contributed by atoms with Crippen molar-refractivity contribution >= 4 is 5.69 Å². The Labute approximate surface area is 117 Å². The van der Waals surface area contributed by atoms with E-state index in [2.05, 4.69) is 17.4 Å². The van der Waals surface area contributed by atoms with E-state index in [1.165, 1.54) is 11.6 Å². The molecule has 0 amide bonds. The monoisotopic (exact) mass is 273 g/mol. The zero-order chi connectivity index (χ0) is 14.1. The van der Waals surface area contributed by atoms with Crippen LogP contribution in [0.2, 0.25) is 0 Å². The van der Waals surface area contributed by atoms with Crippen molar-refractivity contribution in [3.63, 3.8) is 0 Å². The molecule has 1 aliphatic carbocycles. The van der Waals surface area contributed by atoms with E-state index >= 15 is 0 Å². The third kappa shape index (κ3) is 2.67. The van der Waals surface area contributed by atoms with Crippen molar-refractivity contribution in [2.24, 2.45) is 5.92 Å².